The van der Waals surface area contributed by atoms with E-state index in [1.807, 2.05) is 39.0 Å². The van der Waals surface area contributed by atoms with Crippen LogP contribution in [-0.4, -0.2) is 29.7 Å². The van der Waals surface area contributed by atoms with Crippen LogP contribution in [-0.2, 0) is 23.3 Å². The van der Waals surface area contributed by atoms with Crippen LogP contribution in [0.3, 0.4) is 0 Å². The van der Waals surface area contributed by atoms with Gasteiger partial charge in [0.05, 0.1) is 5.02 Å². The molecule has 0 bridgehead atoms. The Bertz CT molecular complexity index is 866. The number of hydrogen-bond donors (Lipinski definition) is 0. The Kier molecular flexibility index (Phi) is 6.56. The first-order valence-corrected chi connectivity index (χ1v) is 10.8. The van der Waals surface area contributed by atoms with Crippen LogP contribution in [0.1, 0.15) is 37.5 Å². The number of halogens is 2. The lowest BCUT2D eigenvalue weighted by molar-refractivity contribution is 0.0258. The van der Waals surface area contributed by atoms with E-state index in [9.17, 15) is 9.18 Å². The van der Waals surface area contributed by atoms with Crippen LogP contribution in [0.15, 0.2) is 41.3 Å². The molecule has 150 valence electrons. The number of carbonyl (C=O) groups is 1. The van der Waals surface area contributed by atoms with Crippen LogP contribution in [0.2, 0.25) is 5.02 Å². The maximum absolute atomic E-state index is 14.0. The number of nitrogens with zero attached hydrogens (tertiary/aromatic N) is 1. The van der Waals surface area contributed by atoms with Crippen LogP contribution >= 0.6 is 23.4 Å². The summed E-state index contributed by atoms with van der Waals surface area (Å²) >= 11 is 8.04. The fraction of sp³-hybridized carbons (Fsp3) is 0.409. The number of amides is 1. The van der Waals surface area contributed by atoms with Crippen LogP contribution < -0.4 is 0 Å². The molecule has 3 nitrogen and oxygen atoms in total. The van der Waals surface area contributed by atoms with Gasteiger partial charge < -0.3 is 9.64 Å². The molecule has 3 rings (SSSR count). The van der Waals surface area contributed by atoms with Gasteiger partial charge in [0.25, 0.3) is 0 Å². The van der Waals surface area contributed by atoms with Gasteiger partial charge in [-0.25, -0.2) is 9.18 Å². The summed E-state index contributed by atoms with van der Waals surface area (Å²) in [6.45, 7) is 6.80. The lowest BCUT2D eigenvalue weighted by Crippen LogP contribution is -2.38. The Morgan fingerprint density at radius 1 is 1.18 bits per heavy atom. The maximum atomic E-state index is 14.0. The molecule has 1 aliphatic rings. The Balaban J connectivity index is 1.77. The molecule has 0 unspecified atom stereocenters. The standard InChI is InChI=1S/C22H25ClFNO2S/c1-22(2,3)27-21(26)25-12-10-15-8-9-18(23)20(17(15)11-13-25)28-14-16-6-4-5-7-19(16)24/h4-9H,10-14H2,1-3H3. The quantitative estimate of drug-likeness (QED) is 0.560. The number of carbonyl (C=O) groups excluding carboxylic acids is 1. The van der Waals surface area contributed by atoms with Gasteiger partial charge >= 0.3 is 6.09 Å². The van der Waals surface area contributed by atoms with E-state index in [2.05, 4.69) is 0 Å². The first-order chi connectivity index (χ1) is 13.2. The summed E-state index contributed by atoms with van der Waals surface area (Å²) in [4.78, 5) is 15.2. The highest BCUT2D eigenvalue weighted by Gasteiger charge is 2.25. The summed E-state index contributed by atoms with van der Waals surface area (Å²) in [5.74, 6) is 0.308. The number of rotatable bonds is 3. The average Bonchev–Trinajstić information content (AvgIpc) is 2.83. The first-order valence-electron chi connectivity index (χ1n) is 9.39. The number of hydrogen-bond acceptors (Lipinski definition) is 3. The second-order valence-electron chi connectivity index (χ2n) is 7.86. The third kappa shape index (κ3) is 5.21. The van der Waals surface area contributed by atoms with Gasteiger partial charge in [-0.15, -0.1) is 11.8 Å². The predicted molar refractivity (Wildman–Crippen MR) is 113 cm³/mol. The SMILES string of the molecule is CC(C)(C)OC(=O)N1CCc2ccc(Cl)c(SCc3ccccc3F)c2CC1. The first kappa shape index (κ1) is 21.0. The van der Waals surface area contributed by atoms with Crippen molar-refractivity contribution in [1.29, 1.82) is 0 Å². The summed E-state index contributed by atoms with van der Waals surface area (Å²) in [5.41, 5.74) is 2.48. The average molecular weight is 422 g/mol. The van der Waals surface area contributed by atoms with Gasteiger partial charge in [0.1, 0.15) is 11.4 Å². The van der Waals surface area contributed by atoms with Crippen LogP contribution in [0.4, 0.5) is 9.18 Å². The maximum Gasteiger partial charge on any atom is 0.410 e. The number of fused-ring (bicyclic) bond motifs is 1. The molecule has 0 spiro atoms. The molecular formula is C22H25ClFNO2S. The fourth-order valence-corrected chi connectivity index (χ4v) is 4.68. The molecule has 2 aromatic rings. The van der Waals surface area contributed by atoms with Gasteiger partial charge in [0.15, 0.2) is 0 Å². The van der Waals surface area contributed by atoms with Crippen molar-refractivity contribution in [3.8, 4) is 0 Å². The second-order valence-corrected chi connectivity index (χ2v) is 9.25. The Morgan fingerprint density at radius 2 is 1.89 bits per heavy atom. The van der Waals surface area contributed by atoms with E-state index in [0.29, 0.717) is 35.8 Å². The van der Waals surface area contributed by atoms with Crippen LogP contribution in [0.5, 0.6) is 0 Å². The van der Waals surface area contributed by atoms with Gasteiger partial charge in [0.2, 0.25) is 0 Å². The minimum atomic E-state index is -0.514. The highest BCUT2D eigenvalue weighted by molar-refractivity contribution is 7.98. The lowest BCUT2D eigenvalue weighted by Gasteiger charge is -2.26. The molecule has 0 aromatic heterocycles. The lowest BCUT2D eigenvalue weighted by atomic mass is 10.0. The Morgan fingerprint density at radius 3 is 2.61 bits per heavy atom. The molecule has 28 heavy (non-hydrogen) atoms. The number of ether oxygens (including phenoxy) is 1. The van der Waals surface area contributed by atoms with Crippen molar-refractivity contribution in [3.05, 3.63) is 63.9 Å². The van der Waals surface area contributed by atoms with E-state index in [4.69, 9.17) is 16.3 Å². The molecule has 1 aliphatic heterocycles. The molecule has 6 heteroatoms. The number of benzene rings is 2. The van der Waals surface area contributed by atoms with Crippen molar-refractivity contribution in [2.45, 2.75) is 49.9 Å². The van der Waals surface area contributed by atoms with Crippen molar-refractivity contribution in [3.63, 3.8) is 0 Å². The minimum absolute atomic E-state index is 0.204. The molecule has 0 saturated heterocycles. The molecule has 0 N–H and O–H groups in total. The zero-order valence-electron chi connectivity index (χ0n) is 16.4. The minimum Gasteiger partial charge on any atom is -0.444 e. The van der Waals surface area contributed by atoms with Gasteiger partial charge in [-0.05, 0) is 62.4 Å². The van der Waals surface area contributed by atoms with Crippen molar-refractivity contribution >= 4 is 29.5 Å². The van der Waals surface area contributed by atoms with Gasteiger partial charge in [-0.2, -0.15) is 0 Å². The van der Waals surface area contributed by atoms with E-state index < -0.39 is 5.60 Å². The monoisotopic (exact) mass is 421 g/mol. The van der Waals surface area contributed by atoms with E-state index in [0.717, 1.165) is 16.9 Å². The van der Waals surface area contributed by atoms with Gasteiger partial charge in [0, 0.05) is 23.7 Å². The van der Waals surface area contributed by atoms with E-state index in [1.165, 1.54) is 11.6 Å². The van der Waals surface area contributed by atoms with Crippen molar-refractivity contribution in [1.82, 2.24) is 4.90 Å². The van der Waals surface area contributed by atoms with Crippen LogP contribution in [0.25, 0.3) is 0 Å². The summed E-state index contributed by atoms with van der Waals surface area (Å²) in [6.07, 6.45) is 1.17. The third-order valence-corrected chi connectivity index (χ3v) is 6.21. The zero-order valence-corrected chi connectivity index (χ0v) is 18.0. The van der Waals surface area contributed by atoms with Crippen molar-refractivity contribution < 1.29 is 13.9 Å². The number of thioether (sulfide) groups is 1. The topological polar surface area (TPSA) is 29.5 Å². The Labute approximate surface area is 175 Å². The molecule has 0 atom stereocenters. The molecule has 1 heterocycles. The van der Waals surface area contributed by atoms with Crippen molar-refractivity contribution in [2.24, 2.45) is 0 Å². The zero-order chi connectivity index (χ0) is 20.3. The third-order valence-electron chi connectivity index (χ3n) is 4.57. The predicted octanol–water partition coefficient (Wildman–Crippen LogP) is 6.11. The summed E-state index contributed by atoms with van der Waals surface area (Å²) < 4.78 is 19.5. The van der Waals surface area contributed by atoms with E-state index in [-0.39, 0.29) is 11.9 Å². The van der Waals surface area contributed by atoms with Gasteiger partial charge in [-0.3, -0.25) is 0 Å². The molecule has 0 aliphatic carbocycles. The smallest absolute Gasteiger partial charge is 0.410 e. The fourth-order valence-electron chi connectivity index (χ4n) is 3.19. The molecule has 1 amide bonds. The summed E-state index contributed by atoms with van der Waals surface area (Å²) in [6, 6.07) is 10.7. The largest absolute Gasteiger partial charge is 0.444 e. The second kappa shape index (κ2) is 8.75. The van der Waals surface area contributed by atoms with E-state index >= 15 is 0 Å². The molecule has 0 radical (unpaired) electrons. The summed E-state index contributed by atoms with van der Waals surface area (Å²) in [7, 11) is 0. The molecule has 0 saturated carbocycles. The summed E-state index contributed by atoms with van der Waals surface area (Å²) in [5, 5.41) is 0.672. The van der Waals surface area contributed by atoms with Gasteiger partial charge in [-0.1, -0.05) is 35.9 Å². The highest BCUT2D eigenvalue weighted by Crippen LogP contribution is 2.37. The normalized spacial score (nSPS) is 14.4. The highest BCUT2D eigenvalue weighted by atomic mass is 35.5. The Hall–Kier alpha value is -1.72. The van der Waals surface area contributed by atoms with Crippen LogP contribution in [0, 0.1) is 5.82 Å². The molecule has 2 aromatic carbocycles. The molecular weight excluding hydrogens is 397 g/mol. The van der Waals surface area contributed by atoms with Crippen molar-refractivity contribution in [2.75, 3.05) is 13.1 Å². The molecule has 0 fully saturated rings. The van der Waals surface area contributed by atoms with E-state index in [1.54, 1.807) is 28.8 Å².